The quantitative estimate of drug-likeness (QED) is 0.570. The summed E-state index contributed by atoms with van der Waals surface area (Å²) in [6, 6.07) is 2.35. The van der Waals surface area contributed by atoms with Gasteiger partial charge in [-0.2, -0.15) is 0 Å². The summed E-state index contributed by atoms with van der Waals surface area (Å²) in [5, 5.41) is 11.9. The summed E-state index contributed by atoms with van der Waals surface area (Å²) in [7, 11) is 6.23. The fourth-order valence-corrected chi connectivity index (χ4v) is 2.93. The lowest BCUT2D eigenvalue weighted by molar-refractivity contribution is -0.123. The molecule has 0 bridgehead atoms. The Morgan fingerprint density at radius 3 is 2.31 bits per heavy atom. The van der Waals surface area contributed by atoms with Crippen LogP contribution in [0.1, 0.15) is 12.0 Å². The Labute approximate surface area is 170 Å². The molecule has 0 aromatic heterocycles. The Morgan fingerprint density at radius 1 is 1.14 bits per heavy atom. The Bertz CT molecular complexity index is 790. The molecule has 0 heterocycles. The van der Waals surface area contributed by atoms with Gasteiger partial charge in [-0.25, -0.2) is 0 Å². The first-order valence-corrected chi connectivity index (χ1v) is 9.07. The van der Waals surface area contributed by atoms with Crippen LogP contribution in [0.25, 0.3) is 6.08 Å². The average molecular weight is 404 g/mol. The Morgan fingerprint density at radius 2 is 1.79 bits per heavy atom. The van der Waals surface area contributed by atoms with Crippen molar-refractivity contribution >= 4 is 12.0 Å². The number of nitrogens with two attached hydrogens (primary N) is 1. The zero-order valence-electron chi connectivity index (χ0n) is 17.1. The van der Waals surface area contributed by atoms with Gasteiger partial charge in [-0.15, -0.1) is 0 Å². The molecule has 8 nitrogen and oxygen atoms in total. The van der Waals surface area contributed by atoms with Crippen LogP contribution in [0.15, 0.2) is 41.7 Å². The Kier molecular flexibility index (Phi) is 8.11. The number of carbonyl (C=O) groups excluding carboxylic acids is 1. The van der Waals surface area contributed by atoms with E-state index in [1.165, 1.54) is 0 Å². The van der Waals surface area contributed by atoms with Crippen molar-refractivity contribution in [1.82, 2.24) is 5.32 Å². The fraction of sp³-hybridized carbons (Fsp3) is 0.381. The number of hydrogen-bond acceptors (Lipinski definition) is 7. The molecule has 0 saturated heterocycles. The van der Waals surface area contributed by atoms with Gasteiger partial charge in [-0.3, -0.25) is 4.79 Å². The number of aliphatic hydroxyl groups is 1. The number of hydrogen-bond donors (Lipinski definition) is 3. The number of ether oxygens (including phenoxy) is 4. The molecule has 1 unspecified atom stereocenters. The molecule has 1 aliphatic carbocycles. The van der Waals surface area contributed by atoms with Gasteiger partial charge in [0.1, 0.15) is 11.8 Å². The van der Waals surface area contributed by atoms with E-state index in [1.54, 1.807) is 34.5 Å². The van der Waals surface area contributed by atoms with E-state index < -0.39 is 18.6 Å². The number of carbonyl (C=O) groups is 1. The fourth-order valence-electron chi connectivity index (χ4n) is 2.93. The first kappa shape index (κ1) is 22.3. The van der Waals surface area contributed by atoms with Crippen LogP contribution in [0, 0.1) is 0 Å². The second-order valence-corrected chi connectivity index (χ2v) is 6.36. The maximum atomic E-state index is 12.0. The highest BCUT2D eigenvalue weighted by Gasteiger charge is 2.24. The molecule has 29 heavy (non-hydrogen) atoms. The van der Waals surface area contributed by atoms with Crippen LogP contribution in [0.2, 0.25) is 0 Å². The van der Waals surface area contributed by atoms with E-state index in [2.05, 4.69) is 5.32 Å². The predicted octanol–water partition coefficient (Wildman–Crippen LogP) is 1.39. The highest BCUT2D eigenvalue weighted by molar-refractivity contribution is 5.82. The number of aliphatic hydroxyl groups excluding tert-OH is 1. The number of nitrogens with one attached hydrogen (secondary N) is 1. The van der Waals surface area contributed by atoms with Gasteiger partial charge < -0.3 is 35.1 Å². The minimum atomic E-state index is -0.975. The van der Waals surface area contributed by atoms with Crippen LogP contribution >= 0.6 is 0 Å². The van der Waals surface area contributed by atoms with Crippen molar-refractivity contribution in [1.29, 1.82) is 0 Å². The molecule has 0 saturated carbocycles. The summed E-state index contributed by atoms with van der Waals surface area (Å²) < 4.78 is 21.4. The lowest BCUT2D eigenvalue weighted by Gasteiger charge is -2.25. The first-order chi connectivity index (χ1) is 14.0. The standard InChI is InChI=1S/C21H28N2O6/c1-26-17-8-7-13(9-16(17)23-21(25)15(22)12-24)5-6-14-10-18(27-2)20(29-4)19(11-14)28-3/h5-8,10-11,15-16,24H,9,12,22H2,1-4H3,(H,23,25)/b6-5-/t15-,16?/m0/s1. The number of benzene rings is 1. The van der Waals surface area contributed by atoms with Crippen molar-refractivity contribution in [3.63, 3.8) is 0 Å². The van der Waals surface area contributed by atoms with E-state index in [1.807, 2.05) is 30.4 Å². The molecule has 158 valence electrons. The van der Waals surface area contributed by atoms with Gasteiger partial charge in [0.15, 0.2) is 11.5 Å². The van der Waals surface area contributed by atoms with E-state index in [9.17, 15) is 4.79 Å². The monoisotopic (exact) mass is 404 g/mol. The van der Waals surface area contributed by atoms with Gasteiger partial charge >= 0.3 is 0 Å². The summed E-state index contributed by atoms with van der Waals surface area (Å²) >= 11 is 0. The van der Waals surface area contributed by atoms with Crippen LogP contribution < -0.4 is 25.3 Å². The summed E-state index contributed by atoms with van der Waals surface area (Å²) in [4.78, 5) is 12.0. The number of amides is 1. The van der Waals surface area contributed by atoms with Gasteiger partial charge in [0.2, 0.25) is 11.7 Å². The largest absolute Gasteiger partial charge is 0.499 e. The third-order valence-electron chi connectivity index (χ3n) is 4.51. The molecule has 0 radical (unpaired) electrons. The van der Waals surface area contributed by atoms with Crippen LogP contribution in [0.3, 0.4) is 0 Å². The summed E-state index contributed by atoms with van der Waals surface area (Å²) in [6.45, 7) is -0.422. The molecule has 2 atom stereocenters. The van der Waals surface area contributed by atoms with Gasteiger partial charge in [0, 0.05) is 0 Å². The Hall–Kier alpha value is -2.97. The van der Waals surface area contributed by atoms with Crippen LogP contribution in [-0.4, -0.2) is 58.1 Å². The minimum absolute atomic E-state index is 0.366. The summed E-state index contributed by atoms with van der Waals surface area (Å²) in [5.41, 5.74) is 7.42. The van der Waals surface area contributed by atoms with Crippen molar-refractivity contribution < 1.29 is 28.8 Å². The van der Waals surface area contributed by atoms with Gasteiger partial charge in [-0.05, 0) is 35.8 Å². The van der Waals surface area contributed by atoms with Gasteiger partial charge in [0.05, 0.1) is 41.1 Å². The highest BCUT2D eigenvalue weighted by atomic mass is 16.5. The lowest BCUT2D eigenvalue weighted by atomic mass is 9.97. The molecule has 1 aliphatic rings. The molecule has 0 spiro atoms. The van der Waals surface area contributed by atoms with E-state index in [-0.39, 0.29) is 6.04 Å². The second kappa shape index (κ2) is 10.5. The zero-order valence-corrected chi connectivity index (χ0v) is 17.1. The normalized spacial score (nSPS) is 17.2. The maximum absolute atomic E-state index is 12.0. The SMILES string of the molecule is COC1=CC=C(/C=C\c2cc(OC)c(OC)c(OC)c2)CC1NC(=O)[C@@H](N)CO. The molecule has 2 rings (SSSR count). The topological polar surface area (TPSA) is 112 Å². The number of allylic oxidation sites excluding steroid dienone is 3. The second-order valence-electron chi connectivity index (χ2n) is 6.36. The number of rotatable bonds is 9. The molecule has 8 heteroatoms. The van der Waals surface area contributed by atoms with Crippen molar-refractivity contribution in [3.05, 3.63) is 47.3 Å². The molecule has 1 amide bonds. The summed E-state index contributed by atoms with van der Waals surface area (Å²) in [6.07, 6.45) is 8.09. The molecule has 1 aromatic rings. The van der Waals surface area contributed by atoms with E-state index in [0.29, 0.717) is 29.4 Å². The van der Waals surface area contributed by atoms with Gasteiger partial charge in [0.25, 0.3) is 0 Å². The molecule has 4 N–H and O–H groups in total. The predicted molar refractivity (Wildman–Crippen MR) is 110 cm³/mol. The third-order valence-corrected chi connectivity index (χ3v) is 4.51. The van der Waals surface area contributed by atoms with Gasteiger partial charge in [-0.1, -0.05) is 18.2 Å². The first-order valence-electron chi connectivity index (χ1n) is 9.07. The summed E-state index contributed by atoms with van der Waals surface area (Å²) in [5.74, 6) is 1.84. The van der Waals surface area contributed by atoms with Crippen LogP contribution in [0.4, 0.5) is 0 Å². The van der Waals surface area contributed by atoms with E-state index in [4.69, 9.17) is 29.8 Å². The van der Waals surface area contributed by atoms with E-state index in [0.717, 1.165) is 11.1 Å². The lowest BCUT2D eigenvalue weighted by Crippen LogP contribution is -2.48. The van der Waals surface area contributed by atoms with Crippen molar-refractivity contribution in [2.45, 2.75) is 18.5 Å². The smallest absolute Gasteiger partial charge is 0.239 e. The average Bonchev–Trinajstić information content (AvgIpc) is 2.76. The van der Waals surface area contributed by atoms with Crippen LogP contribution in [-0.2, 0) is 9.53 Å². The molecule has 1 aromatic carbocycles. The van der Waals surface area contributed by atoms with Crippen LogP contribution in [0.5, 0.6) is 17.2 Å². The minimum Gasteiger partial charge on any atom is -0.499 e. The Balaban J connectivity index is 2.21. The number of methoxy groups -OCH3 is 4. The van der Waals surface area contributed by atoms with Crippen molar-refractivity contribution in [2.24, 2.45) is 5.73 Å². The third kappa shape index (κ3) is 5.52. The zero-order chi connectivity index (χ0) is 21.4. The maximum Gasteiger partial charge on any atom is 0.239 e. The highest BCUT2D eigenvalue weighted by Crippen LogP contribution is 2.38. The van der Waals surface area contributed by atoms with E-state index >= 15 is 0 Å². The molecule has 0 aliphatic heterocycles. The molecule has 0 fully saturated rings. The molecular weight excluding hydrogens is 376 g/mol. The molecular formula is C21H28N2O6. The van der Waals surface area contributed by atoms with Crippen molar-refractivity contribution in [3.8, 4) is 17.2 Å². The van der Waals surface area contributed by atoms with Crippen molar-refractivity contribution in [2.75, 3.05) is 35.0 Å².